The Morgan fingerprint density at radius 1 is 1.16 bits per heavy atom. The van der Waals surface area contributed by atoms with Crippen LogP contribution in [0.15, 0.2) is 18.2 Å². The van der Waals surface area contributed by atoms with Crippen LogP contribution < -0.4 is 24.6 Å². The van der Waals surface area contributed by atoms with Crippen molar-refractivity contribution in [3.63, 3.8) is 0 Å². The van der Waals surface area contributed by atoms with Crippen molar-refractivity contribution in [3.8, 4) is 11.5 Å². The second kappa shape index (κ2) is 9.51. The number of ether oxygens (including phenoxy) is 2. The fraction of sp³-hybridized carbons (Fsp3) is 0.524. The Morgan fingerprint density at radius 2 is 1.97 bits per heavy atom. The van der Waals surface area contributed by atoms with Crippen molar-refractivity contribution >= 4 is 33.4 Å². The maximum Gasteiger partial charge on any atom is 0.228 e. The number of carbonyl (C=O) groups excluding carboxylic acids is 2. The number of benzene rings is 1. The Labute approximate surface area is 185 Å². The topological polar surface area (TPSA) is 96.9 Å². The van der Waals surface area contributed by atoms with Crippen LogP contribution in [0.4, 0.5) is 10.3 Å². The third kappa shape index (κ3) is 4.73. The molecule has 9 nitrogen and oxygen atoms in total. The fourth-order valence-electron chi connectivity index (χ4n) is 3.98. The van der Waals surface area contributed by atoms with E-state index in [2.05, 4.69) is 20.4 Å². The third-order valence-corrected chi connectivity index (χ3v) is 6.69. The molecule has 2 aromatic rings. The van der Waals surface area contributed by atoms with Crippen LogP contribution >= 0.6 is 11.3 Å². The van der Waals surface area contributed by atoms with Crippen LogP contribution in [-0.2, 0) is 16.1 Å². The number of aromatic nitrogens is 2. The van der Waals surface area contributed by atoms with E-state index in [1.54, 1.807) is 19.1 Å². The molecule has 4 rings (SSSR count). The van der Waals surface area contributed by atoms with E-state index in [9.17, 15) is 9.59 Å². The van der Waals surface area contributed by atoms with Crippen LogP contribution in [0.3, 0.4) is 0 Å². The molecule has 31 heavy (non-hydrogen) atoms. The molecule has 2 fully saturated rings. The van der Waals surface area contributed by atoms with Crippen LogP contribution in [0.1, 0.15) is 31.2 Å². The molecule has 0 saturated carbocycles. The van der Waals surface area contributed by atoms with Crippen LogP contribution in [0.2, 0.25) is 0 Å². The summed E-state index contributed by atoms with van der Waals surface area (Å²) in [4.78, 5) is 28.6. The van der Waals surface area contributed by atoms with E-state index < -0.39 is 0 Å². The molecule has 166 valence electrons. The predicted molar refractivity (Wildman–Crippen MR) is 118 cm³/mol. The van der Waals surface area contributed by atoms with Gasteiger partial charge in [0.25, 0.3) is 0 Å². The fourth-order valence-corrected chi connectivity index (χ4v) is 4.91. The SMILES string of the molecule is COc1ccc(CNC(=O)[C@H]2CCCN(c3nnc(N4CCCC4=O)s3)C2)cc1OC. The monoisotopic (exact) mass is 445 g/mol. The van der Waals surface area contributed by atoms with Crippen LogP contribution in [0.25, 0.3) is 0 Å². The number of nitrogens with one attached hydrogen (secondary N) is 1. The largest absolute Gasteiger partial charge is 0.493 e. The van der Waals surface area contributed by atoms with Gasteiger partial charge in [-0.15, -0.1) is 10.2 Å². The molecule has 10 heteroatoms. The molecule has 0 radical (unpaired) electrons. The Balaban J connectivity index is 1.35. The van der Waals surface area contributed by atoms with Gasteiger partial charge < -0.3 is 19.7 Å². The summed E-state index contributed by atoms with van der Waals surface area (Å²) < 4.78 is 10.6. The highest BCUT2D eigenvalue weighted by Crippen LogP contribution is 2.32. The van der Waals surface area contributed by atoms with Gasteiger partial charge in [-0.05, 0) is 37.0 Å². The summed E-state index contributed by atoms with van der Waals surface area (Å²) in [6, 6.07) is 5.62. The molecule has 2 amide bonds. The van der Waals surface area contributed by atoms with Gasteiger partial charge >= 0.3 is 0 Å². The predicted octanol–water partition coefficient (Wildman–Crippen LogP) is 2.21. The average molecular weight is 446 g/mol. The zero-order valence-corrected chi connectivity index (χ0v) is 18.6. The molecule has 2 aliphatic heterocycles. The summed E-state index contributed by atoms with van der Waals surface area (Å²) in [6.45, 7) is 2.56. The maximum atomic E-state index is 12.8. The number of carbonyl (C=O) groups is 2. The molecule has 1 aromatic carbocycles. The Kier molecular flexibility index (Phi) is 6.55. The summed E-state index contributed by atoms with van der Waals surface area (Å²) in [5.41, 5.74) is 0.947. The molecule has 1 N–H and O–H groups in total. The molecular weight excluding hydrogens is 418 g/mol. The quantitative estimate of drug-likeness (QED) is 0.698. The number of rotatable bonds is 7. The summed E-state index contributed by atoms with van der Waals surface area (Å²) in [7, 11) is 3.19. The second-order valence-electron chi connectivity index (χ2n) is 7.71. The number of nitrogens with zero attached hydrogens (tertiary/aromatic N) is 4. The van der Waals surface area contributed by atoms with Crippen molar-refractivity contribution in [2.45, 2.75) is 32.2 Å². The van der Waals surface area contributed by atoms with E-state index >= 15 is 0 Å². The van der Waals surface area contributed by atoms with Gasteiger partial charge in [0.15, 0.2) is 11.5 Å². The zero-order valence-electron chi connectivity index (χ0n) is 17.8. The highest BCUT2D eigenvalue weighted by Gasteiger charge is 2.30. The molecule has 1 atom stereocenters. The first kappa shape index (κ1) is 21.4. The Morgan fingerprint density at radius 3 is 2.71 bits per heavy atom. The highest BCUT2D eigenvalue weighted by molar-refractivity contribution is 7.19. The Hall–Kier alpha value is -2.88. The van der Waals surface area contributed by atoms with E-state index in [-0.39, 0.29) is 17.7 Å². The number of hydrogen-bond donors (Lipinski definition) is 1. The lowest BCUT2D eigenvalue weighted by Crippen LogP contribution is -2.43. The third-order valence-electron chi connectivity index (χ3n) is 5.69. The molecule has 2 aliphatic rings. The van der Waals surface area contributed by atoms with Crippen LogP contribution in [-0.4, -0.2) is 55.9 Å². The summed E-state index contributed by atoms with van der Waals surface area (Å²) in [6.07, 6.45) is 3.18. The first-order chi connectivity index (χ1) is 15.1. The van der Waals surface area contributed by atoms with Gasteiger partial charge in [0.1, 0.15) is 0 Å². The summed E-state index contributed by atoms with van der Waals surface area (Å²) in [5.74, 6) is 1.32. The van der Waals surface area contributed by atoms with Crippen molar-refractivity contribution in [1.29, 1.82) is 0 Å². The lowest BCUT2D eigenvalue weighted by atomic mass is 9.97. The molecule has 3 heterocycles. The minimum absolute atomic E-state index is 0.0268. The number of piperidine rings is 1. The number of amides is 2. The van der Waals surface area contributed by atoms with E-state index in [1.165, 1.54) is 11.3 Å². The van der Waals surface area contributed by atoms with Gasteiger partial charge in [-0.3, -0.25) is 14.5 Å². The van der Waals surface area contributed by atoms with E-state index in [1.807, 2.05) is 18.2 Å². The lowest BCUT2D eigenvalue weighted by Gasteiger charge is -2.31. The van der Waals surface area contributed by atoms with E-state index in [4.69, 9.17) is 9.47 Å². The number of hydrogen-bond acceptors (Lipinski definition) is 8. The average Bonchev–Trinajstić information content (AvgIpc) is 3.46. The first-order valence-corrected chi connectivity index (χ1v) is 11.3. The number of anilines is 2. The summed E-state index contributed by atoms with van der Waals surface area (Å²) in [5, 5.41) is 13.0. The van der Waals surface area contributed by atoms with Gasteiger partial charge in [-0.1, -0.05) is 17.4 Å². The van der Waals surface area contributed by atoms with Gasteiger partial charge in [0.05, 0.1) is 20.1 Å². The van der Waals surface area contributed by atoms with Crippen LogP contribution in [0.5, 0.6) is 11.5 Å². The first-order valence-electron chi connectivity index (χ1n) is 10.5. The highest BCUT2D eigenvalue weighted by atomic mass is 32.1. The molecule has 2 saturated heterocycles. The maximum absolute atomic E-state index is 12.8. The van der Waals surface area contributed by atoms with Crippen LogP contribution in [0, 0.1) is 5.92 Å². The van der Waals surface area contributed by atoms with Crippen molar-refractivity contribution in [2.24, 2.45) is 5.92 Å². The minimum atomic E-state index is -0.116. The molecule has 0 aliphatic carbocycles. The van der Waals surface area contributed by atoms with E-state index in [0.29, 0.717) is 42.7 Å². The van der Waals surface area contributed by atoms with Crippen molar-refractivity contribution in [2.75, 3.05) is 43.7 Å². The second-order valence-corrected chi connectivity index (χ2v) is 8.64. The molecule has 0 spiro atoms. The van der Waals surface area contributed by atoms with Crippen molar-refractivity contribution in [3.05, 3.63) is 23.8 Å². The molecular formula is C21H27N5O4S. The van der Waals surface area contributed by atoms with Gasteiger partial charge in [-0.2, -0.15) is 0 Å². The molecule has 0 unspecified atom stereocenters. The van der Waals surface area contributed by atoms with Gasteiger partial charge in [0, 0.05) is 32.6 Å². The molecule has 1 aromatic heterocycles. The number of methoxy groups -OCH3 is 2. The van der Waals surface area contributed by atoms with Gasteiger partial charge in [-0.25, -0.2) is 0 Å². The Bertz CT molecular complexity index is 950. The van der Waals surface area contributed by atoms with Crippen molar-refractivity contribution in [1.82, 2.24) is 15.5 Å². The standard InChI is InChI=1S/C21H27N5O4S/c1-29-16-8-7-14(11-17(16)30-2)12-22-19(28)15-5-3-9-25(13-15)20-23-24-21(31-20)26-10-4-6-18(26)27/h7-8,11,15H,3-6,9-10,12-13H2,1-2H3,(H,22,28)/t15-/m0/s1. The zero-order chi connectivity index (χ0) is 21.8. The van der Waals surface area contributed by atoms with E-state index in [0.717, 1.165) is 36.5 Å². The smallest absolute Gasteiger partial charge is 0.228 e. The van der Waals surface area contributed by atoms with Gasteiger partial charge in [0.2, 0.25) is 22.1 Å². The normalized spacial score (nSPS) is 18.9. The van der Waals surface area contributed by atoms with Crippen molar-refractivity contribution < 1.29 is 19.1 Å². The summed E-state index contributed by atoms with van der Waals surface area (Å²) >= 11 is 1.42. The lowest BCUT2D eigenvalue weighted by molar-refractivity contribution is -0.125. The minimum Gasteiger partial charge on any atom is -0.493 e. The molecule has 0 bridgehead atoms.